The first-order valence-corrected chi connectivity index (χ1v) is 4.88. The van der Waals surface area contributed by atoms with Gasteiger partial charge in [-0.2, -0.15) is 0 Å². The number of rotatable bonds is 3. The van der Waals surface area contributed by atoms with E-state index in [0.717, 1.165) is 12.4 Å². The van der Waals surface area contributed by atoms with Crippen LogP contribution in [0.4, 0.5) is 5.82 Å². The van der Waals surface area contributed by atoms with E-state index in [9.17, 15) is 0 Å². The van der Waals surface area contributed by atoms with E-state index in [1.807, 2.05) is 31.0 Å². The molecule has 0 aliphatic carbocycles. The number of halogens is 2. The van der Waals surface area contributed by atoms with Crippen molar-refractivity contribution in [3.63, 3.8) is 0 Å². The average molecular weight is 219 g/mol. The summed E-state index contributed by atoms with van der Waals surface area (Å²) in [7, 11) is 1.95. The molecule has 0 amide bonds. The second-order valence-corrected chi connectivity index (χ2v) is 4.18. The number of anilines is 1. The Kier molecular flexibility index (Phi) is 3.82. The smallest absolute Gasteiger partial charge is 0.128 e. The van der Waals surface area contributed by atoms with E-state index in [1.54, 1.807) is 6.20 Å². The summed E-state index contributed by atoms with van der Waals surface area (Å²) in [5.41, 5.74) is 0. The molecule has 1 unspecified atom stereocenters. The highest BCUT2D eigenvalue weighted by atomic mass is 35.5. The highest BCUT2D eigenvalue weighted by molar-refractivity contribution is 6.30. The van der Waals surface area contributed by atoms with Crippen LogP contribution in [-0.2, 0) is 0 Å². The van der Waals surface area contributed by atoms with Crippen LogP contribution in [0.25, 0.3) is 0 Å². The van der Waals surface area contributed by atoms with Gasteiger partial charge in [-0.15, -0.1) is 11.6 Å². The second-order valence-electron chi connectivity index (χ2n) is 3.00. The van der Waals surface area contributed by atoms with Gasteiger partial charge in [-0.1, -0.05) is 11.6 Å². The highest BCUT2D eigenvalue weighted by Crippen LogP contribution is 2.13. The first-order chi connectivity index (χ1) is 6.09. The molecule has 0 saturated carbocycles. The first-order valence-electron chi connectivity index (χ1n) is 4.06. The molecule has 0 spiro atoms. The fourth-order valence-electron chi connectivity index (χ4n) is 1.06. The molecule has 0 saturated heterocycles. The number of nitrogens with zero attached hydrogens (tertiary/aromatic N) is 2. The summed E-state index contributed by atoms with van der Waals surface area (Å²) in [6.45, 7) is 2.73. The number of hydrogen-bond acceptors (Lipinski definition) is 2. The predicted molar refractivity (Wildman–Crippen MR) is 57.8 cm³/mol. The van der Waals surface area contributed by atoms with Gasteiger partial charge in [0.05, 0.1) is 5.02 Å². The van der Waals surface area contributed by atoms with Gasteiger partial charge in [-0.3, -0.25) is 0 Å². The van der Waals surface area contributed by atoms with Crippen molar-refractivity contribution in [3.8, 4) is 0 Å². The first kappa shape index (κ1) is 10.6. The summed E-state index contributed by atoms with van der Waals surface area (Å²) >= 11 is 11.6. The van der Waals surface area contributed by atoms with Crippen molar-refractivity contribution in [1.29, 1.82) is 0 Å². The Hall–Kier alpha value is -0.470. The summed E-state index contributed by atoms with van der Waals surface area (Å²) in [6, 6.07) is 3.70. The third-order valence-electron chi connectivity index (χ3n) is 1.63. The molecule has 1 rings (SSSR count). The van der Waals surface area contributed by atoms with Gasteiger partial charge in [0, 0.05) is 25.2 Å². The van der Waals surface area contributed by atoms with Gasteiger partial charge in [0.25, 0.3) is 0 Å². The zero-order valence-electron chi connectivity index (χ0n) is 7.67. The van der Waals surface area contributed by atoms with Crippen molar-refractivity contribution in [1.82, 2.24) is 4.98 Å². The van der Waals surface area contributed by atoms with Crippen molar-refractivity contribution < 1.29 is 0 Å². The number of pyridine rings is 1. The van der Waals surface area contributed by atoms with Crippen molar-refractivity contribution >= 4 is 29.0 Å². The lowest BCUT2D eigenvalue weighted by molar-refractivity contribution is 0.844. The van der Waals surface area contributed by atoms with Gasteiger partial charge in [0.1, 0.15) is 5.82 Å². The van der Waals surface area contributed by atoms with Crippen LogP contribution in [-0.4, -0.2) is 24.0 Å². The predicted octanol–water partition coefficient (Wildman–Crippen LogP) is 2.80. The van der Waals surface area contributed by atoms with Gasteiger partial charge in [0.2, 0.25) is 0 Å². The number of hydrogen-bond donors (Lipinski definition) is 0. The Morgan fingerprint density at radius 2 is 2.23 bits per heavy atom. The van der Waals surface area contributed by atoms with Gasteiger partial charge < -0.3 is 4.90 Å². The molecule has 4 heteroatoms. The molecule has 2 nitrogen and oxygen atoms in total. The van der Waals surface area contributed by atoms with Crippen LogP contribution >= 0.6 is 23.2 Å². The molecule has 72 valence electrons. The van der Waals surface area contributed by atoms with Crippen LogP contribution < -0.4 is 4.90 Å². The summed E-state index contributed by atoms with van der Waals surface area (Å²) in [6.07, 6.45) is 1.63. The minimum absolute atomic E-state index is 0.113. The summed E-state index contributed by atoms with van der Waals surface area (Å²) < 4.78 is 0. The Labute approximate surface area is 88.5 Å². The van der Waals surface area contributed by atoms with E-state index in [4.69, 9.17) is 23.2 Å². The quantitative estimate of drug-likeness (QED) is 0.726. The third-order valence-corrected chi connectivity index (χ3v) is 1.99. The maximum absolute atomic E-state index is 5.86. The lowest BCUT2D eigenvalue weighted by Crippen LogP contribution is -2.24. The minimum atomic E-state index is 0.113. The Morgan fingerprint density at radius 3 is 2.69 bits per heavy atom. The zero-order valence-corrected chi connectivity index (χ0v) is 9.18. The average Bonchev–Trinajstić information content (AvgIpc) is 2.04. The van der Waals surface area contributed by atoms with Gasteiger partial charge in [-0.25, -0.2) is 4.98 Å². The lowest BCUT2D eigenvalue weighted by atomic mass is 10.4. The van der Waals surface area contributed by atoms with Crippen LogP contribution in [0.2, 0.25) is 5.02 Å². The maximum atomic E-state index is 5.86. The molecule has 0 fully saturated rings. The minimum Gasteiger partial charge on any atom is -0.358 e. The Bertz CT molecular complexity index is 259. The van der Waals surface area contributed by atoms with E-state index in [0.29, 0.717) is 5.02 Å². The van der Waals surface area contributed by atoms with E-state index in [2.05, 4.69) is 4.98 Å². The zero-order chi connectivity index (χ0) is 9.84. The Morgan fingerprint density at radius 1 is 1.54 bits per heavy atom. The SMILES string of the molecule is CC(Cl)CN(C)c1ccc(Cl)cn1. The summed E-state index contributed by atoms with van der Waals surface area (Å²) in [5, 5.41) is 0.763. The Balaban J connectivity index is 2.66. The molecule has 0 aromatic carbocycles. The van der Waals surface area contributed by atoms with Crippen LogP contribution in [0.15, 0.2) is 18.3 Å². The molecule has 1 atom stereocenters. The van der Waals surface area contributed by atoms with E-state index in [1.165, 1.54) is 0 Å². The van der Waals surface area contributed by atoms with Gasteiger partial charge >= 0.3 is 0 Å². The van der Waals surface area contributed by atoms with Crippen molar-refractivity contribution in [2.24, 2.45) is 0 Å². The molecule has 0 bridgehead atoms. The molecule has 1 heterocycles. The summed E-state index contributed by atoms with van der Waals surface area (Å²) in [5.74, 6) is 0.886. The van der Waals surface area contributed by atoms with Crippen LogP contribution in [0.1, 0.15) is 6.92 Å². The summed E-state index contributed by atoms with van der Waals surface area (Å²) in [4.78, 5) is 6.16. The van der Waals surface area contributed by atoms with E-state index in [-0.39, 0.29) is 5.38 Å². The molecule has 0 N–H and O–H groups in total. The van der Waals surface area contributed by atoms with Crippen LogP contribution in [0.3, 0.4) is 0 Å². The molecule has 0 aliphatic rings. The maximum Gasteiger partial charge on any atom is 0.128 e. The number of alkyl halides is 1. The molecule has 1 aromatic heterocycles. The standard InChI is InChI=1S/C9H12Cl2N2/c1-7(10)6-13(2)9-4-3-8(11)5-12-9/h3-5,7H,6H2,1-2H3. The largest absolute Gasteiger partial charge is 0.358 e. The number of aromatic nitrogens is 1. The topological polar surface area (TPSA) is 16.1 Å². The second kappa shape index (κ2) is 4.68. The van der Waals surface area contributed by atoms with E-state index < -0.39 is 0 Å². The molecule has 0 aliphatic heterocycles. The molecular formula is C9H12Cl2N2. The molecule has 0 radical (unpaired) electrons. The molecule has 1 aromatic rings. The highest BCUT2D eigenvalue weighted by Gasteiger charge is 2.04. The van der Waals surface area contributed by atoms with Crippen molar-refractivity contribution in [2.75, 3.05) is 18.5 Å². The van der Waals surface area contributed by atoms with Crippen molar-refractivity contribution in [2.45, 2.75) is 12.3 Å². The van der Waals surface area contributed by atoms with Crippen LogP contribution in [0.5, 0.6) is 0 Å². The molecular weight excluding hydrogens is 207 g/mol. The fourth-order valence-corrected chi connectivity index (χ4v) is 1.38. The fraction of sp³-hybridized carbons (Fsp3) is 0.444. The third kappa shape index (κ3) is 3.41. The normalized spacial score (nSPS) is 12.6. The van der Waals surface area contributed by atoms with E-state index >= 15 is 0 Å². The van der Waals surface area contributed by atoms with Crippen LogP contribution in [0, 0.1) is 0 Å². The van der Waals surface area contributed by atoms with Crippen molar-refractivity contribution in [3.05, 3.63) is 23.4 Å². The van der Waals surface area contributed by atoms with Gasteiger partial charge in [0.15, 0.2) is 0 Å². The van der Waals surface area contributed by atoms with Gasteiger partial charge in [-0.05, 0) is 19.1 Å². The monoisotopic (exact) mass is 218 g/mol. The lowest BCUT2D eigenvalue weighted by Gasteiger charge is -2.18. The molecule has 13 heavy (non-hydrogen) atoms.